The average molecular weight is 1010 g/mol. The number of quaternary nitrogens is 1. The maximum absolute atomic E-state index is 13.0. The molecule has 0 aliphatic carbocycles. The molecule has 0 aromatic carbocycles. The third-order valence-corrected chi connectivity index (χ3v) is 14.8. The van der Waals surface area contributed by atoms with Crippen LogP contribution in [0.4, 0.5) is 0 Å². The molecule has 0 aliphatic heterocycles. The first-order chi connectivity index (χ1) is 34.0. The summed E-state index contributed by atoms with van der Waals surface area (Å²) in [5.41, 5.74) is 0. The number of rotatable bonds is 56. The predicted molar refractivity (Wildman–Crippen MR) is 302 cm³/mol. The molecule has 3 unspecified atom stereocenters. The van der Waals surface area contributed by atoms with E-state index < -0.39 is 26.6 Å². The van der Waals surface area contributed by atoms with Gasteiger partial charge < -0.3 is 28.8 Å². The van der Waals surface area contributed by atoms with Gasteiger partial charge in [-0.15, -0.1) is 0 Å². The molecule has 70 heavy (non-hydrogen) atoms. The molecule has 1 amide bonds. The second kappa shape index (κ2) is 52.6. The summed E-state index contributed by atoms with van der Waals surface area (Å²) in [4.78, 5) is 25.5. The molecule has 0 aromatic heterocycles. The third kappa shape index (κ3) is 54.5. The quantitative estimate of drug-likeness (QED) is 0.0272. The predicted octanol–water partition coefficient (Wildman–Crippen LogP) is 17.9. The molecular formula is C61H119N2O6P. The summed E-state index contributed by atoms with van der Waals surface area (Å²) in [6, 6.07) is -0.902. The van der Waals surface area contributed by atoms with Crippen molar-refractivity contribution in [3.05, 3.63) is 36.5 Å². The van der Waals surface area contributed by atoms with Crippen molar-refractivity contribution in [2.75, 3.05) is 40.9 Å². The topological polar surface area (TPSA) is 108 Å². The molecule has 0 aliphatic rings. The van der Waals surface area contributed by atoms with E-state index >= 15 is 0 Å². The molecular weight excluding hydrogens is 888 g/mol. The lowest BCUT2D eigenvalue weighted by Crippen LogP contribution is -2.45. The smallest absolute Gasteiger partial charge is 0.268 e. The fourth-order valence-corrected chi connectivity index (χ4v) is 9.77. The van der Waals surface area contributed by atoms with Gasteiger partial charge in [0.15, 0.2) is 0 Å². The third-order valence-electron chi connectivity index (χ3n) is 13.8. The molecule has 9 heteroatoms. The molecule has 0 saturated carbocycles. The van der Waals surface area contributed by atoms with Crippen LogP contribution in [0.15, 0.2) is 36.5 Å². The van der Waals surface area contributed by atoms with Crippen molar-refractivity contribution in [1.29, 1.82) is 0 Å². The number of nitrogens with one attached hydrogen (secondary N) is 1. The number of carbonyl (C=O) groups is 1. The Labute approximate surface area is 436 Å². The van der Waals surface area contributed by atoms with Gasteiger partial charge in [0.1, 0.15) is 13.2 Å². The molecule has 8 nitrogen and oxygen atoms in total. The summed E-state index contributed by atoms with van der Waals surface area (Å²) >= 11 is 0. The van der Waals surface area contributed by atoms with Crippen LogP contribution in [-0.4, -0.2) is 68.5 Å². The Morgan fingerprint density at radius 2 is 0.800 bits per heavy atom. The van der Waals surface area contributed by atoms with Gasteiger partial charge in [-0.25, -0.2) is 0 Å². The monoisotopic (exact) mass is 1010 g/mol. The Balaban J connectivity index is 4.12. The maximum Gasteiger partial charge on any atom is 0.268 e. The molecule has 0 aromatic rings. The summed E-state index contributed by atoms with van der Waals surface area (Å²) in [6.45, 7) is 4.66. The van der Waals surface area contributed by atoms with Crippen molar-refractivity contribution in [3.8, 4) is 0 Å². The zero-order valence-corrected chi connectivity index (χ0v) is 48.1. The molecule has 0 heterocycles. The standard InChI is InChI=1S/C61H119N2O6P/c1-6-8-10-12-14-16-18-20-22-24-26-27-28-29-30-31-32-33-34-35-36-37-39-41-43-45-47-49-51-53-55-61(65)62-59(58-69-70(66,67)68-57-56-63(3,4)5)60(64)54-52-50-48-46-44-42-40-38-25-23-21-19-17-15-13-11-9-7-2/h29-30,44,46,52,54,59-60,64H,6-28,31-43,45,47-51,53,55-58H2,1-5H3,(H-,62,65,66,67)/b30-29-,46-44+,54-52+. The van der Waals surface area contributed by atoms with Gasteiger partial charge in [0.2, 0.25) is 5.91 Å². The van der Waals surface area contributed by atoms with Gasteiger partial charge in [-0.05, 0) is 57.8 Å². The number of aliphatic hydroxyl groups is 1. The number of nitrogens with zero attached hydrogens (tertiary/aromatic N) is 1. The summed E-state index contributed by atoms with van der Waals surface area (Å²) in [5.74, 6) is -0.203. The Morgan fingerprint density at radius 3 is 1.16 bits per heavy atom. The lowest BCUT2D eigenvalue weighted by Gasteiger charge is -2.29. The van der Waals surface area contributed by atoms with Crippen LogP contribution < -0.4 is 10.2 Å². The van der Waals surface area contributed by atoms with Gasteiger partial charge in [0.25, 0.3) is 7.82 Å². The van der Waals surface area contributed by atoms with Gasteiger partial charge in [-0.3, -0.25) is 9.36 Å². The highest BCUT2D eigenvalue weighted by Crippen LogP contribution is 2.38. The van der Waals surface area contributed by atoms with E-state index in [0.29, 0.717) is 17.4 Å². The number of hydrogen-bond donors (Lipinski definition) is 2. The summed E-state index contributed by atoms with van der Waals surface area (Å²) in [6.07, 6.45) is 68.1. The van der Waals surface area contributed by atoms with Crippen LogP contribution >= 0.6 is 7.82 Å². The largest absolute Gasteiger partial charge is 0.756 e. The highest BCUT2D eigenvalue weighted by molar-refractivity contribution is 7.45. The number of hydrogen-bond acceptors (Lipinski definition) is 6. The molecule has 0 radical (unpaired) electrons. The van der Waals surface area contributed by atoms with E-state index in [1.54, 1.807) is 6.08 Å². The lowest BCUT2D eigenvalue weighted by molar-refractivity contribution is -0.870. The summed E-state index contributed by atoms with van der Waals surface area (Å²) in [5, 5.41) is 13.9. The lowest BCUT2D eigenvalue weighted by atomic mass is 10.0. The number of carbonyl (C=O) groups excluding carboxylic acids is 1. The Morgan fingerprint density at radius 1 is 0.486 bits per heavy atom. The summed E-state index contributed by atoms with van der Waals surface area (Å²) in [7, 11) is 1.25. The van der Waals surface area contributed by atoms with E-state index in [-0.39, 0.29) is 12.5 Å². The fourth-order valence-electron chi connectivity index (χ4n) is 9.05. The molecule has 2 N–H and O–H groups in total. The number of amides is 1. The van der Waals surface area contributed by atoms with Crippen molar-refractivity contribution in [3.63, 3.8) is 0 Å². The van der Waals surface area contributed by atoms with Crippen molar-refractivity contribution in [1.82, 2.24) is 5.32 Å². The minimum atomic E-state index is -4.60. The highest BCUT2D eigenvalue weighted by atomic mass is 31.2. The molecule has 0 spiro atoms. The van der Waals surface area contributed by atoms with Crippen LogP contribution in [0.5, 0.6) is 0 Å². The first-order valence-corrected chi connectivity index (χ1v) is 31.8. The van der Waals surface area contributed by atoms with E-state index in [0.717, 1.165) is 38.5 Å². The van der Waals surface area contributed by atoms with Crippen LogP contribution in [0.2, 0.25) is 0 Å². The molecule has 0 rings (SSSR count). The zero-order valence-electron chi connectivity index (χ0n) is 47.2. The van der Waals surface area contributed by atoms with Gasteiger partial charge in [-0.2, -0.15) is 0 Å². The number of unbranched alkanes of at least 4 members (excludes halogenated alkanes) is 39. The fraction of sp³-hybridized carbons (Fsp3) is 0.885. The van der Waals surface area contributed by atoms with E-state index in [1.165, 1.54) is 238 Å². The normalized spacial score (nSPS) is 14.1. The van der Waals surface area contributed by atoms with E-state index in [1.807, 2.05) is 27.2 Å². The van der Waals surface area contributed by atoms with Gasteiger partial charge in [0.05, 0.1) is 39.9 Å². The molecule has 414 valence electrons. The SMILES string of the molecule is CCCCCCCCCCCCCC/C=C\CCCCCCCCCCCCCCCCC(=O)NC(COP(=O)([O-])OCC[N+](C)(C)C)C(O)/C=C/CC/C=C/CCCCCCCCCCCCCC. The van der Waals surface area contributed by atoms with Crippen LogP contribution in [0.25, 0.3) is 0 Å². The van der Waals surface area contributed by atoms with Crippen molar-refractivity contribution in [2.45, 2.75) is 309 Å². The van der Waals surface area contributed by atoms with Crippen LogP contribution in [0, 0.1) is 0 Å². The number of allylic oxidation sites excluding steroid dienone is 5. The minimum absolute atomic E-state index is 0.00524. The van der Waals surface area contributed by atoms with Gasteiger partial charge in [-0.1, -0.05) is 269 Å². The average Bonchev–Trinajstić information content (AvgIpc) is 3.32. The first-order valence-electron chi connectivity index (χ1n) is 30.4. The molecule has 0 fully saturated rings. The number of aliphatic hydroxyl groups excluding tert-OH is 1. The Kier molecular flexibility index (Phi) is 51.6. The molecule has 3 atom stereocenters. The number of phosphoric acid groups is 1. The zero-order chi connectivity index (χ0) is 51.3. The Hall–Kier alpha value is -1.28. The van der Waals surface area contributed by atoms with Crippen LogP contribution in [-0.2, 0) is 18.4 Å². The van der Waals surface area contributed by atoms with E-state index in [2.05, 4.69) is 43.5 Å². The van der Waals surface area contributed by atoms with Crippen molar-refractivity contribution in [2.24, 2.45) is 0 Å². The van der Waals surface area contributed by atoms with Crippen LogP contribution in [0.1, 0.15) is 296 Å². The maximum atomic E-state index is 13.0. The highest BCUT2D eigenvalue weighted by Gasteiger charge is 2.23. The second-order valence-electron chi connectivity index (χ2n) is 22.0. The van der Waals surface area contributed by atoms with Gasteiger partial charge in [0, 0.05) is 6.42 Å². The number of phosphoric ester groups is 1. The molecule has 0 bridgehead atoms. The van der Waals surface area contributed by atoms with Crippen molar-refractivity contribution < 1.29 is 32.9 Å². The van der Waals surface area contributed by atoms with Crippen molar-refractivity contribution >= 4 is 13.7 Å². The first kappa shape index (κ1) is 68.7. The second-order valence-corrected chi connectivity index (χ2v) is 23.5. The van der Waals surface area contributed by atoms with Gasteiger partial charge >= 0.3 is 0 Å². The molecule has 0 saturated heterocycles. The van der Waals surface area contributed by atoms with E-state index in [4.69, 9.17) is 9.05 Å². The Bertz CT molecular complexity index is 1230. The minimum Gasteiger partial charge on any atom is -0.756 e. The number of likely N-dealkylation sites (N-methyl/N-ethyl adjacent to an activating group) is 1. The van der Waals surface area contributed by atoms with E-state index in [9.17, 15) is 19.4 Å². The van der Waals surface area contributed by atoms with Crippen LogP contribution in [0.3, 0.4) is 0 Å². The summed E-state index contributed by atoms with van der Waals surface area (Å²) < 4.78 is 23.3.